The van der Waals surface area contributed by atoms with Crippen LogP contribution in [0.2, 0.25) is 20.1 Å². The maximum absolute atomic E-state index is 15.8. The van der Waals surface area contributed by atoms with E-state index in [4.69, 9.17) is 81.6 Å². The van der Waals surface area contributed by atoms with Crippen molar-refractivity contribution in [1.29, 1.82) is 0 Å². The number of halogens is 4. The summed E-state index contributed by atoms with van der Waals surface area (Å²) in [5.74, 6) is -10.6. The topological polar surface area (TPSA) is 411 Å². The van der Waals surface area contributed by atoms with Gasteiger partial charge in [-0.05, 0) is 152 Å². The normalized spacial score (nSPS) is 15.5. The summed E-state index contributed by atoms with van der Waals surface area (Å²) in [5.41, 5.74) is 16.7. The van der Waals surface area contributed by atoms with Crippen molar-refractivity contribution in [3.05, 3.63) is 271 Å². The van der Waals surface area contributed by atoms with Crippen LogP contribution < -0.4 is 58.2 Å². The second-order valence-corrected chi connectivity index (χ2v) is 34.8. The third-order valence-electron chi connectivity index (χ3n) is 22.8. The Kier molecular flexibility index (Phi) is 39.6. The van der Waals surface area contributed by atoms with Crippen molar-refractivity contribution in [1.82, 2.24) is 47.0 Å². The number of hydrogen-bond acceptors (Lipinski definition) is 19. The Morgan fingerprint density at radius 3 is 1.20 bits per heavy atom. The summed E-state index contributed by atoms with van der Waals surface area (Å²) < 4.78 is 29.1. The average Bonchev–Trinajstić information content (AvgIpc) is 1.66. The molecule has 8 aromatic rings. The van der Waals surface area contributed by atoms with E-state index >= 15 is 24.0 Å². The second-order valence-electron chi connectivity index (χ2n) is 33.2. The monoisotopic (exact) mass is 1880 g/mol. The van der Waals surface area contributed by atoms with Crippen LogP contribution in [0.25, 0.3) is 0 Å². The maximum Gasteiger partial charge on any atom is 0.328 e. The van der Waals surface area contributed by atoms with E-state index in [2.05, 4.69) is 37.2 Å². The van der Waals surface area contributed by atoms with Crippen LogP contribution in [0, 0.1) is 11.8 Å². The molecule has 33 heteroatoms. The lowest BCUT2D eigenvalue weighted by molar-refractivity contribution is -0.150. The zero-order valence-corrected chi connectivity index (χ0v) is 77.0. The molecule has 0 unspecified atom stereocenters. The Labute approximate surface area is 787 Å². The van der Waals surface area contributed by atoms with E-state index in [1.165, 1.54) is 9.80 Å². The summed E-state index contributed by atoms with van der Waals surface area (Å²) in [7, 11) is 0. The van der Waals surface area contributed by atoms with Crippen LogP contribution in [0.3, 0.4) is 0 Å². The molecule has 0 radical (unpaired) electrons. The SMILES string of the molecule is CC[C@H](C)[C@H](NC(=O)[C@@H]1CCCN1C(=O)[C@H](CCC(=O)OCc1ccccc1)NC(=O)[C@@H](N)Cc1ccccc1)C(=O)N1CCC[C@H]1C(=O)N[C@@H](CCC(=O)OCc1ccccc1)C(=O)N[C@@H](Cc1ccc(OCc2c(Cl)cccc2Cl)cc1)C(=O)N[C@@H](Cc1ccc(OCc2c(Cl)cccc2Cl)cc1)C(=O)N[C@@H](CC(C)C)C(=O)N[C@@H](CCC(N)=O)C(=O)OCc1ccccc1. The summed E-state index contributed by atoms with van der Waals surface area (Å²) in [4.78, 5) is 192. The molecule has 29 nitrogen and oxygen atoms in total. The number of nitrogens with zero attached hydrogens (tertiary/aromatic N) is 2. The van der Waals surface area contributed by atoms with Gasteiger partial charge in [0.25, 0.3) is 0 Å². The number of carbonyl (C=O) groups is 13. The summed E-state index contributed by atoms with van der Waals surface area (Å²) in [5, 5.41) is 21.1. The minimum Gasteiger partial charge on any atom is -0.489 e. The van der Waals surface area contributed by atoms with Crippen LogP contribution >= 0.6 is 46.4 Å². The molecule has 0 spiro atoms. The molecule has 8 aromatic carbocycles. The van der Waals surface area contributed by atoms with Gasteiger partial charge in [0.2, 0.25) is 59.1 Å². The Bertz CT molecular complexity index is 5210. The Morgan fingerprint density at radius 2 is 0.758 bits per heavy atom. The van der Waals surface area contributed by atoms with Crippen molar-refractivity contribution in [2.75, 3.05) is 13.1 Å². The zero-order valence-electron chi connectivity index (χ0n) is 74.0. The number of carbonyl (C=O) groups excluding carboxylic acids is 13. The van der Waals surface area contributed by atoms with Crippen molar-refractivity contribution in [2.24, 2.45) is 23.3 Å². The molecule has 2 aliphatic rings. The molecule has 10 rings (SSSR count). The van der Waals surface area contributed by atoms with Crippen molar-refractivity contribution in [2.45, 2.75) is 217 Å². The molecule has 10 amide bonds. The van der Waals surface area contributed by atoms with Crippen LogP contribution in [0.1, 0.15) is 149 Å². The van der Waals surface area contributed by atoms with E-state index in [1.807, 2.05) is 19.1 Å². The van der Waals surface area contributed by atoms with Gasteiger partial charge in [0.1, 0.15) is 98.9 Å². The molecule has 0 bridgehead atoms. The molecule has 2 aliphatic heterocycles. The largest absolute Gasteiger partial charge is 0.489 e. The van der Waals surface area contributed by atoms with Gasteiger partial charge in [-0.25, -0.2) is 4.79 Å². The van der Waals surface area contributed by atoms with Gasteiger partial charge < -0.3 is 82.2 Å². The van der Waals surface area contributed by atoms with Crippen LogP contribution in [-0.4, -0.2) is 160 Å². The highest BCUT2D eigenvalue weighted by Gasteiger charge is 2.45. The van der Waals surface area contributed by atoms with Gasteiger partial charge in [-0.1, -0.05) is 238 Å². The van der Waals surface area contributed by atoms with Gasteiger partial charge in [0.05, 0.1) is 6.04 Å². The number of ether oxygens (including phenoxy) is 5. The smallest absolute Gasteiger partial charge is 0.328 e. The Balaban J connectivity index is 0.930. The molecular weight excluding hydrogens is 1770 g/mol. The van der Waals surface area contributed by atoms with Crippen molar-refractivity contribution >= 4 is 123 Å². The van der Waals surface area contributed by atoms with Crippen LogP contribution in [-0.2, 0) is 129 Å². The number of nitrogens with one attached hydrogen (secondary N) is 7. The highest BCUT2D eigenvalue weighted by atomic mass is 35.5. The number of amides is 10. The quantitative estimate of drug-likeness (QED) is 0.0126. The van der Waals surface area contributed by atoms with Crippen molar-refractivity contribution in [3.63, 3.8) is 0 Å². The fourth-order valence-electron chi connectivity index (χ4n) is 15.2. The summed E-state index contributed by atoms with van der Waals surface area (Å²) >= 11 is 26.0. The van der Waals surface area contributed by atoms with E-state index in [-0.39, 0.29) is 123 Å². The zero-order chi connectivity index (χ0) is 94.8. The lowest BCUT2D eigenvalue weighted by Crippen LogP contribution is -2.61. The molecular formula is C99H113Cl4N11O18. The number of hydrogen-bond donors (Lipinski definition) is 9. The molecule has 2 fully saturated rings. The van der Waals surface area contributed by atoms with Crippen LogP contribution in [0.15, 0.2) is 206 Å². The molecule has 11 atom stereocenters. The first-order valence-corrected chi connectivity index (χ1v) is 45.7. The molecule has 11 N–H and O–H groups in total. The van der Waals surface area contributed by atoms with Crippen molar-refractivity contribution in [3.8, 4) is 11.5 Å². The number of likely N-dealkylation sites (tertiary alicyclic amines) is 2. The number of primary amides is 1. The van der Waals surface area contributed by atoms with E-state index < -0.39 is 156 Å². The van der Waals surface area contributed by atoms with Gasteiger partial charge in [-0.2, -0.15) is 0 Å². The third-order valence-corrected chi connectivity index (χ3v) is 24.2. The Hall–Kier alpha value is -12.4. The third kappa shape index (κ3) is 31.4. The predicted molar refractivity (Wildman–Crippen MR) is 498 cm³/mol. The molecule has 2 saturated heterocycles. The fourth-order valence-corrected chi connectivity index (χ4v) is 16.3. The average molecular weight is 1890 g/mol. The number of rotatable bonds is 48. The van der Waals surface area contributed by atoms with Crippen LogP contribution in [0.5, 0.6) is 11.5 Å². The van der Waals surface area contributed by atoms with E-state index in [9.17, 15) is 38.4 Å². The van der Waals surface area contributed by atoms with Gasteiger partial charge in [0.15, 0.2) is 0 Å². The lowest BCUT2D eigenvalue weighted by Gasteiger charge is -2.34. The van der Waals surface area contributed by atoms with Gasteiger partial charge in [0, 0.05) is 76.4 Å². The summed E-state index contributed by atoms with van der Waals surface area (Å²) in [6.07, 6.45) is -1.40. The van der Waals surface area contributed by atoms with Gasteiger partial charge in [-0.3, -0.25) is 57.5 Å². The first-order chi connectivity index (χ1) is 63.5. The summed E-state index contributed by atoms with van der Waals surface area (Å²) in [6.45, 7) is 6.77. The molecule has 132 heavy (non-hydrogen) atoms. The fraction of sp³-hybridized carbons (Fsp3) is 0.384. The molecule has 0 saturated carbocycles. The van der Waals surface area contributed by atoms with Gasteiger partial charge in [-0.15, -0.1) is 0 Å². The molecule has 0 aromatic heterocycles. The van der Waals surface area contributed by atoms with Crippen LogP contribution in [0.4, 0.5) is 0 Å². The van der Waals surface area contributed by atoms with Gasteiger partial charge >= 0.3 is 17.9 Å². The highest BCUT2D eigenvalue weighted by Crippen LogP contribution is 2.31. The maximum atomic E-state index is 15.8. The van der Waals surface area contributed by atoms with E-state index in [1.54, 1.807) is 215 Å². The Morgan fingerprint density at radius 1 is 0.386 bits per heavy atom. The number of esters is 3. The van der Waals surface area contributed by atoms with E-state index in [0.29, 0.717) is 77.8 Å². The van der Waals surface area contributed by atoms with Crippen molar-refractivity contribution < 1.29 is 86.0 Å². The molecule has 2 heterocycles. The number of nitrogens with two attached hydrogens (primary N) is 2. The standard InChI is InChI=1S/C99H113Cl4N11O18/c1-5-62(4)89(112-96(124)85-35-20-50-113(85)97(125)79(46-49-88(117)131-57-67-26-14-8-15-27-67)107-90(118)77(104)53-63-22-10-6-11-23-63)98(126)114-51-21-34-84(114)95(123)106-78(45-48-87(116)130-56-66-24-12-7-13-25-66)91(119)110-82(54-64-36-40-69(41-37-64)128-59-71-73(100)30-18-31-74(71)101)94(122)111-83(55-65-38-42-70(43-39-65)129-60-72-75(102)32-19-33-76(72)103)93(121)109-81(52-61(2)3)92(120)108-80(44-47-86(105)115)99(127)132-58-68-28-16-9-17-29-68/h6-19,22-33,36-43,61-62,77-85,89H,5,20-21,34-35,44-60,104H2,1-4H3,(H2,105,115)(H,106,123)(H,107,118)(H,108,120)(H,109,121)(H,110,119)(H,111,122)(H,112,124)/t62-,77-,78-,79-,80-,81-,82-,83-,84-,85-,89-/m0/s1. The highest BCUT2D eigenvalue weighted by molar-refractivity contribution is 6.36. The summed E-state index contributed by atoms with van der Waals surface area (Å²) in [6, 6.07) is 44.5. The molecule has 700 valence electrons. The van der Waals surface area contributed by atoms with E-state index in [0.717, 1.165) is 11.1 Å². The second kappa shape index (κ2) is 51.4. The lowest BCUT2D eigenvalue weighted by atomic mass is 9.96. The molecule has 0 aliphatic carbocycles. The minimum atomic E-state index is -1.68. The first-order valence-electron chi connectivity index (χ1n) is 44.2. The number of benzene rings is 8. The first kappa shape index (κ1) is 102. The predicted octanol–water partition coefficient (Wildman–Crippen LogP) is 11.3. The minimum absolute atomic E-state index is 0.00754.